The molecule has 0 atom stereocenters. The van der Waals surface area contributed by atoms with E-state index in [9.17, 15) is 9.90 Å². The maximum Gasteiger partial charge on any atom is 0.231 e. The van der Waals surface area contributed by atoms with Crippen LogP contribution in [0.25, 0.3) is 0 Å². The zero-order chi connectivity index (χ0) is 15.7. The van der Waals surface area contributed by atoms with Gasteiger partial charge in [0.2, 0.25) is 12.5 Å². The van der Waals surface area contributed by atoms with Crippen molar-refractivity contribution in [3.05, 3.63) is 41.5 Å². The normalized spacial score (nSPS) is 12.2. The highest BCUT2D eigenvalue weighted by molar-refractivity contribution is 6.03. The Balaban J connectivity index is 1.97. The number of methoxy groups -OCH3 is 1. The molecular formula is C16H15NO5. The van der Waals surface area contributed by atoms with Crippen molar-refractivity contribution in [3.63, 3.8) is 0 Å². The molecule has 0 saturated heterocycles. The Labute approximate surface area is 127 Å². The van der Waals surface area contributed by atoms with Gasteiger partial charge in [-0.25, -0.2) is 0 Å². The molecule has 0 aliphatic carbocycles. The van der Waals surface area contributed by atoms with E-state index in [1.54, 1.807) is 24.3 Å². The van der Waals surface area contributed by atoms with Gasteiger partial charge in [0.1, 0.15) is 11.3 Å². The van der Waals surface area contributed by atoms with Crippen LogP contribution in [-0.4, -0.2) is 24.8 Å². The van der Waals surface area contributed by atoms with Gasteiger partial charge in [0.25, 0.3) is 0 Å². The zero-order valence-corrected chi connectivity index (χ0v) is 12.0. The lowest BCUT2D eigenvalue weighted by molar-refractivity contribution is 0.0986. The lowest BCUT2D eigenvalue weighted by Gasteiger charge is -2.12. The fraction of sp³-hybridized carbons (Fsp3) is 0.188. The van der Waals surface area contributed by atoms with Crippen molar-refractivity contribution in [3.8, 4) is 23.0 Å². The summed E-state index contributed by atoms with van der Waals surface area (Å²) in [6, 6.07) is 8.34. The summed E-state index contributed by atoms with van der Waals surface area (Å²) in [5, 5.41) is 10.1. The third-order valence-electron chi connectivity index (χ3n) is 3.43. The number of hydrogen-bond donors (Lipinski definition) is 2. The van der Waals surface area contributed by atoms with Crippen molar-refractivity contribution >= 4 is 11.5 Å². The second-order valence-electron chi connectivity index (χ2n) is 4.88. The Hall–Kier alpha value is -2.89. The Morgan fingerprint density at radius 2 is 2.05 bits per heavy atom. The van der Waals surface area contributed by atoms with Crippen LogP contribution in [0.4, 0.5) is 5.69 Å². The number of phenolic OH excluding ortho intramolecular Hbond substituents is 1. The molecule has 0 radical (unpaired) electrons. The topological polar surface area (TPSA) is 91.0 Å². The molecule has 6 nitrogen and oxygen atoms in total. The van der Waals surface area contributed by atoms with Crippen molar-refractivity contribution in [1.29, 1.82) is 0 Å². The number of anilines is 1. The molecule has 114 valence electrons. The van der Waals surface area contributed by atoms with Gasteiger partial charge in [-0.2, -0.15) is 0 Å². The summed E-state index contributed by atoms with van der Waals surface area (Å²) in [5.74, 6) is 0.409. The number of ether oxygens (including phenoxy) is 3. The molecule has 6 heteroatoms. The molecule has 0 spiro atoms. The minimum Gasteiger partial charge on any atom is -0.507 e. The maximum atomic E-state index is 12.5. The largest absolute Gasteiger partial charge is 0.507 e. The predicted molar refractivity (Wildman–Crippen MR) is 79.7 cm³/mol. The first-order valence-electron chi connectivity index (χ1n) is 6.67. The second-order valence-corrected chi connectivity index (χ2v) is 4.88. The number of nitrogens with two attached hydrogens (primary N) is 1. The van der Waals surface area contributed by atoms with E-state index in [-0.39, 0.29) is 36.1 Å². The number of fused-ring (bicyclic) bond motifs is 1. The molecular weight excluding hydrogens is 286 g/mol. The number of benzene rings is 2. The molecule has 3 rings (SSSR count). The van der Waals surface area contributed by atoms with Crippen LogP contribution in [-0.2, 0) is 6.42 Å². The monoisotopic (exact) mass is 301 g/mol. The molecule has 1 aliphatic heterocycles. The highest BCUT2D eigenvalue weighted by atomic mass is 16.7. The van der Waals surface area contributed by atoms with E-state index in [0.29, 0.717) is 17.2 Å². The van der Waals surface area contributed by atoms with Gasteiger partial charge >= 0.3 is 0 Å². The number of aromatic hydroxyl groups is 1. The van der Waals surface area contributed by atoms with Gasteiger partial charge in [0.05, 0.1) is 7.11 Å². The maximum absolute atomic E-state index is 12.5. The van der Waals surface area contributed by atoms with E-state index in [2.05, 4.69) is 0 Å². The number of ketones is 1. The molecule has 0 bridgehead atoms. The number of rotatable bonds is 4. The smallest absolute Gasteiger partial charge is 0.231 e. The van der Waals surface area contributed by atoms with Gasteiger partial charge < -0.3 is 25.1 Å². The van der Waals surface area contributed by atoms with Crippen molar-refractivity contribution in [1.82, 2.24) is 0 Å². The van der Waals surface area contributed by atoms with E-state index in [1.807, 2.05) is 0 Å². The van der Waals surface area contributed by atoms with Crippen LogP contribution in [0.5, 0.6) is 23.0 Å². The third-order valence-corrected chi connectivity index (χ3v) is 3.43. The number of Topliss-reactive ketones (excluding diaryl/α,β-unsaturated/α-hetero) is 1. The lowest BCUT2D eigenvalue weighted by Crippen LogP contribution is -2.07. The van der Waals surface area contributed by atoms with Gasteiger partial charge in [-0.15, -0.1) is 0 Å². The van der Waals surface area contributed by atoms with Crippen LogP contribution in [0.1, 0.15) is 15.9 Å². The van der Waals surface area contributed by atoms with Gasteiger partial charge in [0, 0.05) is 18.2 Å². The third kappa shape index (κ3) is 2.39. The van der Waals surface area contributed by atoms with Gasteiger partial charge in [-0.1, -0.05) is 12.1 Å². The summed E-state index contributed by atoms with van der Waals surface area (Å²) in [6.07, 6.45) is 0.115. The van der Waals surface area contributed by atoms with E-state index in [0.717, 1.165) is 5.56 Å². The molecule has 0 fully saturated rings. The van der Waals surface area contributed by atoms with Gasteiger partial charge in [-0.05, 0) is 17.7 Å². The van der Waals surface area contributed by atoms with Crippen LogP contribution < -0.4 is 19.9 Å². The molecule has 3 N–H and O–H groups in total. The van der Waals surface area contributed by atoms with E-state index >= 15 is 0 Å². The minimum absolute atomic E-state index is 0.0285. The zero-order valence-electron chi connectivity index (χ0n) is 12.0. The number of carbonyl (C=O) groups is 1. The van der Waals surface area contributed by atoms with Crippen molar-refractivity contribution in [2.24, 2.45) is 0 Å². The van der Waals surface area contributed by atoms with Crippen LogP contribution >= 0.6 is 0 Å². The van der Waals surface area contributed by atoms with E-state index in [1.165, 1.54) is 13.2 Å². The average molecular weight is 301 g/mol. The number of phenols is 1. The summed E-state index contributed by atoms with van der Waals surface area (Å²) in [4.78, 5) is 12.5. The van der Waals surface area contributed by atoms with Crippen LogP contribution in [0.15, 0.2) is 30.3 Å². The Kier molecular flexibility index (Phi) is 3.50. The molecule has 1 aliphatic rings. The molecule has 0 saturated carbocycles. The van der Waals surface area contributed by atoms with Crippen molar-refractivity contribution in [2.75, 3.05) is 19.6 Å². The lowest BCUT2D eigenvalue weighted by atomic mass is 10.0. The number of hydrogen-bond acceptors (Lipinski definition) is 6. The first-order chi connectivity index (χ1) is 10.6. The summed E-state index contributed by atoms with van der Waals surface area (Å²) >= 11 is 0. The molecule has 1 heterocycles. The fourth-order valence-electron chi connectivity index (χ4n) is 2.37. The Bertz CT molecular complexity index is 724. The summed E-state index contributed by atoms with van der Waals surface area (Å²) in [5.41, 5.74) is 7.13. The van der Waals surface area contributed by atoms with Crippen LogP contribution in [0.2, 0.25) is 0 Å². The van der Waals surface area contributed by atoms with E-state index < -0.39 is 0 Å². The first kappa shape index (κ1) is 14.1. The highest BCUT2D eigenvalue weighted by Crippen LogP contribution is 2.47. The van der Waals surface area contributed by atoms with Crippen molar-refractivity contribution < 1.29 is 24.1 Å². The van der Waals surface area contributed by atoms with E-state index in [4.69, 9.17) is 19.9 Å². The minimum atomic E-state index is -0.280. The highest BCUT2D eigenvalue weighted by Gasteiger charge is 2.28. The van der Waals surface area contributed by atoms with Gasteiger partial charge in [0.15, 0.2) is 17.3 Å². The first-order valence-corrected chi connectivity index (χ1v) is 6.67. The van der Waals surface area contributed by atoms with Gasteiger partial charge in [-0.3, -0.25) is 4.79 Å². The summed E-state index contributed by atoms with van der Waals surface area (Å²) in [6.45, 7) is 0.0285. The van der Waals surface area contributed by atoms with Crippen LogP contribution in [0, 0.1) is 0 Å². The quantitative estimate of drug-likeness (QED) is 0.664. The summed E-state index contributed by atoms with van der Waals surface area (Å²) < 4.78 is 15.7. The molecule has 2 aromatic rings. The molecule has 0 aromatic heterocycles. The standard InChI is InChI=1S/C16H15NO5/c1-20-16-14(12(19)7-13-15(16)22-8-21-13)11(18)6-9-2-4-10(17)5-3-9/h2-5,7,19H,6,8,17H2,1H3. The summed E-state index contributed by atoms with van der Waals surface area (Å²) in [7, 11) is 1.41. The molecule has 2 aromatic carbocycles. The average Bonchev–Trinajstić information content (AvgIpc) is 2.95. The fourth-order valence-corrected chi connectivity index (χ4v) is 2.37. The van der Waals surface area contributed by atoms with Crippen LogP contribution in [0.3, 0.4) is 0 Å². The second kappa shape index (κ2) is 5.48. The number of carbonyl (C=O) groups excluding carboxylic acids is 1. The number of nitrogen functional groups attached to an aromatic ring is 1. The predicted octanol–water partition coefficient (Wildman–Crippen LogP) is 2.14. The van der Waals surface area contributed by atoms with Crippen molar-refractivity contribution in [2.45, 2.75) is 6.42 Å². The Morgan fingerprint density at radius 3 is 2.73 bits per heavy atom. The molecule has 0 unspecified atom stereocenters. The Morgan fingerprint density at radius 1 is 1.32 bits per heavy atom. The molecule has 22 heavy (non-hydrogen) atoms. The molecule has 0 amide bonds. The SMILES string of the molecule is COc1c2c(cc(O)c1C(=O)Cc1ccc(N)cc1)OCO2.